The van der Waals surface area contributed by atoms with Gasteiger partial charge in [0, 0.05) is 19.6 Å². The van der Waals surface area contributed by atoms with Crippen LogP contribution in [0.5, 0.6) is 0 Å². The van der Waals surface area contributed by atoms with Gasteiger partial charge in [0.2, 0.25) is 0 Å². The molecule has 4 heteroatoms. The number of fused-ring (bicyclic) bond motifs is 2. The van der Waals surface area contributed by atoms with E-state index in [-0.39, 0.29) is 18.1 Å². The summed E-state index contributed by atoms with van der Waals surface area (Å²) in [5.41, 5.74) is 1.75. The number of hydrogen-bond acceptors (Lipinski definition) is 4. The molecule has 0 saturated heterocycles. The van der Waals surface area contributed by atoms with E-state index in [4.69, 9.17) is 4.74 Å². The van der Waals surface area contributed by atoms with Gasteiger partial charge in [-0.2, -0.15) is 0 Å². The van der Waals surface area contributed by atoms with E-state index in [2.05, 4.69) is 37.8 Å². The van der Waals surface area contributed by atoms with Crippen molar-refractivity contribution in [2.24, 2.45) is 16.7 Å². The summed E-state index contributed by atoms with van der Waals surface area (Å²) >= 11 is 0. The fourth-order valence-corrected chi connectivity index (χ4v) is 5.18. The zero-order valence-corrected chi connectivity index (χ0v) is 16.5. The van der Waals surface area contributed by atoms with Crippen molar-refractivity contribution < 1.29 is 14.9 Å². The van der Waals surface area contributed by atoms with E-state index in [1.807, 2.05) is 18.2 Å². The molecule has 2 aliphatic rings. The smallest absolute Gasteiger partial charge is 0.0900 e. The van der Waals surface area contributed by atoms with Crippen molar-refractivity contribution in [2.75, 3.05) is 26.3 Å². The lowest BCUT2D eigenvalue weighted by Gasteiger charge is -2.39. The van der Waals surface area contributed by atoms with Crippen molar-refractivity contribution in [3.05, 3.63) is 35.9 Å². The highest BCUT2D eigenvalue weighted by Crippen LogP contribution is 2.66. The number of benzene rings is 1. The molecule has 0 aliphatic heterocycles. The Bertz CT molecular complexity index is 576. The van der Waals surface area contributed by atoms with Crippen LogP contribution in [0.3, 0.4) is 0 Å². The molecule has 0 spiro atoms. The molecule has 2 fully saturated rings. The number of hydrogen-bond donors (Lipinski definition) is 2. The van der Waals surface area contributed by atoms with Crippen LogP contribution < -0.4 is 0 Å². The SMILES string of the molecule is CC1(C)[C@H]2CC[C@]1(C)[C@H](OC[C@H](O)CN(CCO)Cc1ccccc1)C2. The van der Waals surface area contributed by atoms with Crippen LogP contribution in [-0.2, 0) is 11.3 Å². The third-order valence-electron chi connectivity index (χ3n) is 7.34. The van der Waals surface area contributed by atoms with Crippen molar-refractivity contribution in [3.63, 3.8) is 0 Å². The summed E-state index contributed by atoms with van der Waals surface area (Å²) in [7, 11) is 0. The molecule has 3 rings (SSSR count). The molecule has 2 aliphatic carbocycles. The fourth-order valence-electron chi connectivity index (χ4n) is 5.18. The second kappa shape index (κ2) is 7.97. The van der Waals surface area contributed by atoms with Crippen molar-refractivity contribution >= 4 is 0 Å². The molecule has 0 aromatic heterocycles. The molecule has 146 valence electrons. The van der Waals surface area contributed by atoms with E-state index in [1.165, 1.54) is 18.4 Å². The summed E-state index contributed by atoms with van der Waals surface area (Å²) in [6.07, 6.45) is 3.40. The van der Waals surface area contributed by atoms with Gasteiger partial charge in [-0.1, -0.05) is 51.1 Å². The van der Waals surface area contributed by atoms with Crippen LogP contribution in [0.25, 0.3) is 0 Å². The van der Waals surface area contributed by atoms with Crippen molar-refractivity contribution in [1.82, 2.24) is 4.90 Å². The molecule has 4 atom stereocenters. The van der Waals surface area contributed by atoms with Gasteiger partial charge in [0.15, 0.2) is 0 Å². The van der Waals surface area contributed by atoms with Gasteiger partial charge in [0.05, 0.1) is 25.4 Å². The molecule has 26 heavy (non-hydrogen) atoms. The highest BCUT2D eigenvalue weighted by molar-refractivity contribution is 5.14. The molecule has 0 unspecified atom stereocenters. The van der Waals surface area contributed by atoms with Gasteiger partial charge in [0.1, 0.15) is 0 Å². The summed E-state index contributed by atoms with van der Waals surface area (Å²) in [4.78, 5) is 2.09. The molecule has 2 N–H and O–H groups in total. The molecule has 0 heterocycles. The third-order valence-corrected chi connectivity index (χ3v) is 7.34. The highest BCUT2D eigenvalue weighted by atomic mass is 16.5. The van der Waals surface area contributed by atoms with Gasteiger partial charge < -0.3 is 14.9 Å². The van der Waals surface area contributed by atoms with Crippen LogP contribution in [-0.4, -0.2) is 53.6 Å². The van der Waals surface area contributed by atoms with E-state index in [1.54, 1.807) is 0 Å². The van der Waals surface area contributed by atoms with E-state index in [9.17, 15) is 10.2 Å². The third kappa shape index (κ3) is 3.84. The number of aliphatic hydroxyl groups excluding tert-OH is 2. The predicted molar refractivity (Wildman–Crippen MR) is 104 cm³/mol. The molecular formula is C22H35NO3. The van der Waals surface area contributed by atoms with Gasteiger partial charge in [-0.05, 0) is 41.6 Å². The number of aliphatic hydroxyl groups is 2. The topological polar surface area (TPSA) is 52.9 Å². The first-order valence-corrected chi connectivity index (χ1v) is 10.0. The van der Waals surface area contributed by atoms with Gasteiger partial charge in [0.25, 0.3) is 0 Å². The second-order valence-electron chi connectivity index (χ2n) is 9.03. The zero-order valence-electron chi connectivity index (χ0n) is 16.5. The Kier molecular flexibility index (Phi) is 6.07. The lowest BCUT2D eigenvalue weighted by molar-refractivity contribution is -0.0800. The minimum absolute atomic E-state index is 0.0942. The monoisotopic (exact) mass is 361 g/mol. The second-order valence-corrected chi connectivity index (χ2v) is 9.03. The van der Waals surface area contributed by atoms with Crippen LogP contribution in [0.2, 0.25) is 0 Å². The van der Waals surface area contributed by atoms with Crippen molar-refractivity contribution in [2.45, 2.75) is 58.8 Å². The summed E-state index contributed by atoms with van der Waals surface area (Å²) < 4.78 is 6.23. The molecule has 4 nitrogen and oxygen atoms in total. The lowest BCUT2D eigenvalue weighted by Crippen LogP contribution is -2.41. The average Bonchev–Trinajstić information content (AvgIpc) is 2.94. The van der Waals surface area contributed by atoms with E-state index >= 15 is 0 Å². The van der Waals surface area contributed by atoms with Gasteiger partial charge >= 0.3 is 0 Å². The van der Waals surface area contributed by atoms with Crippen molar-refractivity contribution in [1.29, 1.82) is 0 Å². The lowest BCUT2D eigenvalue weighted by atomic mass is 9.70. The standard InChI is InChI=1S/C22H35NO3/c1-21(2)18-9-10-22(21,3)20(13-18)26-16-19(25)15-23(11-12-24)14-17-7-5-4-6-8-17/h4-8,18-20,24-25H,9-16H2,1-3H3/t18-,19+,20+,22+/m0/s1. The highest BCUT2D eigenvalue weighted by Gasteiger charge is 2.61. The first kappa shape index (κ1) is 19.8. The van der Waals surface area contributed by atoms with E-state index < -0.39 is 6.10 Å². The Balaban J connectivity index is 1.50. The summed E-state index contributed by atoms with van der Waals surface area (Å²) in [6.45, 7) is 9.41. The minimum Gasteiger partial charge on any atom is -0.395 e. The summed E-state index contributed by atoms with van der Waals surface area (Å²) in [6, 6.07) is 10.2. The van der Waals surface area contributed by atoms with Crippen LogP contribution >= 0.6 is 0 Å². The summed E-state index contributed by atoms with van der Waals surface area (Å²) in [5.74, 6) is 0.749. The van der Waals surface area contributed by atoms with Gasteiger partial charge in [-0.15, -0.1) is 0 Å². The fraction of sp³-hybridized carbons (Fsp3) is 0.727. The average molecular weight is 362 g/mol. The molecule has 0 radical (unpaired) electrons. The van der Waals surface area contributed by atoms with Gasteiger partial charge in [-0.25, -0.2) is 0 Å². The van der Waals surface area contributed by atoms with E-state index in [0.29, 0.717) is 25.1 Å². The van der Waals surface area contributed by atoms with Crippen LogP contribution in [0.15, 0.2) is 30.3 Å². The quantitative estimate of drug-likeness (QED) is 0.710. The van der Waals surface area contributed by atoms with Crippen LogP contribution in [0.1, 0.15) is 45.6 Å². The van der Waals surface area contributed by atoms with Crippen LogP contribution in [0.4, 0.5) is 0 Å². The Morgan fingerprint density at radius 3 is 2.54 bits per heavy atom. The predicted octanol–water partition coefficient (Wildman–Crippen LogP) is 3.07. The maximum Gasteiger partial charge on any atom is 0.0900 e. The van der Waals surface area contributed by atoms with Crippen molar-refractivity contribution in [3.8, 4) is 0 Å². The molecule has 0 amide bonds. The first-order chi connectivity index (χ1) is 12.4. The zero-order chi connectivity index (χ0) is 18.8. The van der Waals surface area contributed by atoms with E-state index in [0.717, 1.165) is 18.9 Å². The Hall–Kier alpha value is -0.940. The molecule has 2 bridgehead atoms. The van der Waals surface area contributed by atoms with Crippen LogP contribution in [0, 0.1) is 16.7 Å². The Morgan fingerprint density at radius 1 is 1.23 bits per heavy atom. The number of nitrogens with zero attached hydrogens (tertiary/aromatic N) is 1. The molecule has 2 saturated carbocycles. The molecular weight excluding hydrogens is 326 g/mol. The maximum absolute atomic E-state index is 10.5. The largest absolute Gasteiger partial charge is 0.395 e. The summed E-state index contributed by atoms with van der Waals surface area (Å²) in [5, 5.41) is 19.9. The Morgan fingerprint density at radius 2 is 1.96 bits per heavy atom. The molecule has 1 aromatic carbocycles. The van der Waals surface area contributed by atoms with Gasteiger partial charge in [-0.3, -0.25) is 4.90 Å². The molecule has 1 aromatic rings. The number of rotatable bonds is 9. The first-order valence-electron chi connectivity index (χ1n) is 10.0. The Labute approximate surface area is 158 Å². The number of ether oxygens (including phenoxy) is 1. The normalized spacial score (nSPS) is 30.8. The maximum atomic E-state index is 10.5. The minimum atomic E-state index is -0.531.